The van der Waals surface area contributed by atoms with Crippen LogP contribution >= 0.6 is 11.6 Å². The maximum absolute atomic E-state index is 6.11. The van der Waals surface area contributed by atoms with Crippen molar-refractivity contribution in [3.63, 3.8) is 0 Å². The largest absolute Gasteiger partial charge is 0.368 e. The average molecular weight is 297 g/mol. The number of nitrogens with one attached hydrogen (secondary N) is 1. The number of hydrogen-bond donors (Lipinski definition) is 1. The van der Waals surface area contributed by atoms with Gasteiger partial charge in [-0.05, 0) is 25.9 Å². The van der Waals surface area contributed by atoms with Gasteiger partial charge in [0.2, 0.25) is 0 Å². The lowest BCUT2D eigenvalue weighted by atomic mass is 9.96. The number of likely N-dealkylation sites (N-methyl/N-ethyl adjacent to an activating group) is 1. The van der Waals surface area contributed by atoms with E-state index in [1.54, 1.807) is 0 Å². The number of anilines is 1. The van der Waals surface area contributed by atoms with Crippen molar-refractivity contribution >= 4 is 17.4 Å². The molecule has 1 saturated heterocycles. The Kier molecular flexibility index (Phi) is 4.86. The SMILES string of the molecule is CCN1CCCC1CNc1cc(Cl)nc(C(C)(C)C)n1. The molecule has 1 unspecified atom stereocenters. The topological polar surface area (TPSA) is 41.0 Å². The van der Waals surface area contributed by atoms with E-state index in [-0.39, 0.29) is 5.41 Å². The van der Waals surface area contributed by atoms with Crippen molar-refractivity contribution in [3.8, 4) is 0 Å². The summed E-state index contributed by atoms with van der Waals surface area (Å²) in [6, 6.07) is 2.41. The number of halogens is 1. The second-order valence-corrected chi connectivity index (χ2v) is 6.84. The Hall–Kier alpha value is -0.870. The minimum atomic E-state index is -0.0931. The van der Waals surface area contributed by atoms with Gasteiger partial charge >= 0.3 is 0 Å². The molecule has 1 fully saturated rings. The molecular formula is C15H25ClN4. The summed E-state index contributed by atoms with van der Waals surface area (Å²) in [6.45, 7) is 11.8. The molecule has 4 nitrogen and oxygen atoms in total. The molecule has 0 spiro atoms. The van der Waals surface area contributed by atoms with Crippen LogP contribution in [0.25, 0.3) is 0 Å². The first-order valence-electron chi connectivity index (χ1n) is 7.43. The van der Waals surface area contributed by atoms with E-state index in [9.17, 15) is 0 Å². The van der Waals surface area contributed by atoms with E-state index < -0.39 is 0 Å². The number of hydrogen-bond acceptors (Lipinski definition) is 4. The maximum atomic E-state index is 6.11. The minimum absolute atomic E-state index is 0.0931. The molecule has 1 aliphatic rings. The van der Waals surface area contributed by atoms with Crippen LogP contribution < -0.4 is 5.32 Å². The monoisotopic (exact) mass is 296 g/mol. The van der Waals surface area contributed by atoms with E-state index in [0.717, 1.165) is 24.7 Å². The molecule has 1 N–H and O–H groups in total. The predicted octanol–water partition coefficient (Wildman–Crippen LogP) is 3.32. The van der Waals surface area contributed by atoms with E-state index in [2.05, 4.69) is 47.9 Å². The van der Waals surface area contributed by atoms with Crippen LogP contribution in [0.15, 0.2) is 6.07 Å². The Bertz CT molecular complexity index is 456. The molecular weight excluding hydrogens is 272 g/mol. The van der Waals surface area contributed by atoms with Crippen LogP contribution in [0.2, 0.25) is 5.15 Å². The van der Waals surface area contributed by atoms with Crippen molar-refractivity contribution in [1.29, 1.82) is 0 Å². The minimum Gasteiger partial charge on any atom is -0.368 e. The Morgan fingerprint density at radius 3 is 2.80 bits per heavy atom. The van der Waals surface area contributed by atoms with Gasteiger partial charge in [-0.3, -0.25) is 4.90 Å². The number of nitrogens with zero attached hydrogens (tertiary/aromatic N) is 3. The maximum Gasteiger partial charge on any atom is 0.137 e. The fourth-order valence-corrected chi connectivity index (χ4v) is 2.79. The van der Waals surface area contributed by atoms with Crippen LogP contribution in [-0.4, -0.2) is 40.5 Å². The normalized spacial score (nSPS) is 20.4. The summed E-state index contributed by atoms with van der Waals surface area (Å²) in [5.74, 6) is 1.61. The third-order valence-corrected chi connectivity index (χ3v) is 3.98. The summed E-state index contributed by atoms with van der Waals surface area (Å²) in [7, 11) is 0. The van der Waals surface area contributed by atoms with Crippen molar-refractivity contribution < 1.29 is 0 Å². The van der Waals surface area contributed by atoms with Crippen molar-refractivity contribution in [2.45, 2.75) is 52.0 Å². The molecule has 0 amide bonds. The van der Waals surface area contributed by atoms with E-state index >= 15 is 0 Å². The molecule has 20 heavy (non-hydrogen) atoms. The van der Waals surface area contributed by atoms with Gasteiger partial charge in [-0.2, -0.15) is 0 Å². The van der Waals surface area contributed by atoms with Crippen LogP contribution in [0.3, 0.4) is 0 Å². The van der Waals surface area contributed by atoms with Crippen LogP contribution in [0.4, 0.5) is 5.82 Å². The molecule has 5 heteroatoms. The summed E-state index contributed by atoms with van der Waals surface area (Å²) in [6.07, 6.45) is 2.55. The molecule has 0 bridgehead atoms. The summed E-state index contributed by atoms with van der Waals surface area (Å²) in [5, 5.41) is 3.93. The third-order valence-electron chi connectivity index (χ3n) is 3.79. The molecule has 1 atom stereocenters. The van der Waals surface area contributed by atoms with Crippen molar-refractivity contribution in [1.82, 2.24) is 14.9 Å². The Labute approximate surface area is 126 Å². The summed E-state index contributed by atoms with van der Waals surface area (Å²) in [4.78, 5) is 11.4. The molecule has 0 saturated carbocycles. The van der Waals surface area contributed by atoms with Crippen LogP contribution in [0, 0.1) is 0 Å². The molecule has 0 aliphatic carbocycles. The summed E-state index contributed by atoms with van der Waals surface area (Å²) in [5.41, 5.74) is -0.0931. The van der Waals surface area contributed by atoms with E-state index in [1.807, 2.05) is 6.07 Å². The fourth-order valence-electron chi connectivity index (χ4n) is 2.61. The highest BCUT2D eigenvalue weighted by molar-refractivity contribution is 6.29. The predicted molar refractivity (Wildman–Crippen MR) is 84.5 cm³/mol. The van der Waals surface area contributed by atoms with E-state index in [1.165, 1.54) is 19.4 Å². The van der Waals surface area contributed by atoms with Gasteiger partial charge in [0, 0.05) is 24.1 Å². The number of aromatic nitrogens is 2. The fraction of sp³-hybridized carbons (Fsp3) is 0.733. The Morgan fingerprint density at radius 1 is 1.40 bits per heavy atom. The smallest absolute Gasteiger partial charge is 0.137 e. The second kappa shape index (κ2) is 6.27. The van der Waals surface area contributed by atoms with E-state index in [4.69, 9.17) is 11.6 Å². The van der Waals surface area contributed by atoms with Crippen molar-refractivity contribution in [2.24, 2.45) is 0 Å². The third kappa shape index (κ3) is 3.83. The van der Waals surface area contributed by atoms with E-state index in [0.29, 0.717) is 11.2 Å². The lowest BCUT2D eigenvalue weighted by Crippen LogP contribution is -2.34. The summed E-state index contributed by atoms with van der Waals surface area (Å²) >= 11 is 6.11. The lowest BCUT2D eigenvalue weighted by Gasteiger charge is -2.23. The first kappa shape index (κ1) is 15.5. The standard InChI is InChI=1S/C15H25ClN4/c1-5-20-8-6-7-11(20)10-17-13-9-12(16)18-14(19-13)15(2,3)4/h9,11H,5-8,10H2,1-4H3,(H,17,18,19). The van der Waals surface area contributed by atoms with Gasteiger partial charge in [0.15, 0.2) is 0 Å². The van der Waals surface area contributed by atoms with Crippen LogP contribution in [-0.2, 0) is 5.41 Å². The highest BCUT2D eigenvalue weighted by Crippen LogP contribution is 2.23. The molecule has 2 heterocycles. The zero-order valence-corrected chi connectivity index (χ0v) is 13.7. The van der Waals surface area contributed by atoms with Gasteiger partial charge in [-0.1, -0.05) is 39.3 Å². The Balaban J connectivity index is 2.04. The second-order valence-electron chi connectivity index (χ2n) is 6.46. The zero-order valence-electron chi connectivity index (χ0n) is 12.9. The Morgan fingerprint density at radius 2 is 2.15 bits per heavy atom. The van der Waals surface area contributed by atoms with Gasteiger partial charge in [-0.15, -0.1) is 0 Å². The number of likely N-dealkylation sites (tertiary alicyclic amines) is 1. The molecule has 1 aliphatic heterocycles. The highest BCUT2D eigenvalue weighted by atomic mass is 35.5. The lowest BCUT2D eigenvalue weighted by molar-refractivity contribution is 0.277. The molecule has 1 aromatic heterocycles. The molecule has 0 aromatic carbocycles. The molecule has 112 valence electrons. The van der Waals surface area contributed by atoms with Gasteiger partial charge in [0.1, 0.15) is 16.8 Å². The van der Waals surface area contributed by atoms with Crippen molar-refractivity contribution in [2.75, 3.05) is 25.0 Å². The molecule has 1 aromatic rings. The quantitative estimate of drug-likeness (QED) is 0.865. The zero-order chi connectivity index (χ0) is 14.8. The van der Waals surface area contributed by atoms with Gasteiger partial charge in [0.05, 0.1) is 0 Å². The summed E-state index contributed by atoms with van der Waals surface area (Å²) < 4.78 is 0. The van der Waals surface area contributed by atoms with Crippen LogP contribution in [0.5, 0.6) is 0 Å². The highest BCUT2D eigenvalue weighted by Gasteiger charge is 2.23. The first-order chi connectivity index (χ1) is 9.40. The van der Waals surface area contributed by atoms with Gasteiger partial charge < -0.3 is 5.32 Å². The van der Waals surface area contributed by atoms with Gasteiger partial charge in [-0.25, -0.2) is 9.97 Å². The average Bonchev–Trinajstić information content (AvgIpc) is 2.82. The molecule has 2 rings (SSSR count). The van der Waals surface area contributed by atoms with Crippen molar-refractivity contribution in [3.05, 3.63) is 17.0 Å². The van der Waals surface area contributed by atoms with Crippen LogP contribution in [0.1, 0.15) is 46.4 Å². The van der Waals surface area contributed by atoms with Gasteiger partial charge in [0.25, 0.3) is 0 Å². The first-order valence-corrected chi connectivity index (χ1v) is 7.81. The number of rotatable bonds is 4. The molecule has 0 radical (unpaired) electrons.